The minimum absolute atomic E-state index is 0.00568. The third-order valence-corrected chi connectivity index (χ3v) is 14.8. The van der Waals surface area contributed by atoms with Crippen LogP contribution < -0.4 is 48.5 Å². The van der Waals surface area contributed by atoms with E-state index in [0.29, 0.717) is 45.9 Å². The second-order valence-electron chi connectivity index (χ2n) is 20.0. The molecule has 3 aliphatic heterocycles. The van der Waals surface area contributed by atoms with E-state index in [1.54, 1.807) is 49.4 Å². The van der Waals surface area contributed by atoms with Gasteiger partial charge in [0.15, 0.2) is 5.60 Å². The summed E-state index contributed by atoms with van der Waals surface area (Å²) in [7, 11) is 0. The lowest BCUT2D eigenvalue weighted by Gasteiger charge is -2.40. The number of hydrogen-bond acceptors (Lipinski definition) is 19. The van der Waals surface area contributed by atoms with Crippen LogP contribution >= 0.6 is 11.6 Å². The number of aliphatic hydroxyl groups excluding tert-OH is 4. The molecule has 0 spiro atoms. The van der Waals surface area contributed by atoms with Gasteiger partial charge in [-0.15, -0.1) is 0 Å². The van der Waals surface area contributed by atoms with Gasteiger partial charge in [-0.05, 0) is 60.6 Å². The van der Waals surface area contributed by atoms with E-state index in [2.05, 4.69) is 37.2 Å². The SMILES string of the molecule is CC[C@@]1(O)C(=O)OCc2c1cc1n(c2=O)Cc2c-1nc1cc(Cl)cc3c1c2[C@H](NC(=O)COCNC(=O)CNC(=O)[C@H](Cc1ccccc1)NC(=O)CNC(=O)CNC(=O)[C@@H](N)CCC(=O)NC[C@@H]1O[C@H](CO)[C@@H](O)[C@H](O)[C@H]1O)CC3. The number of carbonyl (C=O) groups is 8. The molecule has 1 saturated heterocycles. The number of amides is 7. The zero-order valence-electron chi connectivity index (χ0n) is 43.8. The van der Waals surface area contributed by atoms with Crippen LogP contribution in [0.1, 0.15) is 72.0 Å². The number of nitrogens with two attached hydrogens (primary N) is 1. The number of rotatable bonds is 23. The van der Waals surface area contributed by atoms with Gasteiger partial charge in [0, 0.05) is 40.9 Å². The van der Waals surface area contributed by atoms with Crippen molar-refractivity contribution in [2.45, 2.75) is 113 Å². The third kappa shape index (κ3) is 13.5. The third-order valence-electron chi connectivity index (χ3n) is 14.6. The highest BCUT2D eigenvalue weighted by Crippen LogP contribution is 2.45. The van der Waals surface area contributed by atoms with Crippen molar-refractivity contribution in [1.29, 1.82) is 0 Å². The Labute approximate surface area is 466 Å². The normalized spacial score (nSPS) is 22.1. The predicted molar refractivity (Wildman–Crippen MR) is 283 cm³/mol. The van der Waals surface area contributed by atoms with Crippen molar-refractivity contribution >= 4 is 69.8 Å². The number of pyridine rings is 2. The topological polar surface area (TPSA) is 411 Å². The van der Waals surface area contributed by atoms with Crippen LogP contribution in [0, 0.1) is 0 Å². The number of fused-ring (bicyclic) bond motifs is 5. The molecule has 9 atom stereocenters. The summed E-state index contributed by atoms with van der Waals surface area (Å²) in [5.41, 5.74) is 8.07. The fourth-order valence-electron chi connectivity index (χ4n) is 10.2. The standard InChI is InChI=1S/C53H63ClN10O17/c1-2-53(78)30-15-35-45-28(20-64(35)51(76)29(30)22-80-52(53)77)44-32(10-8-26-13-27(54)14-33(63-45)43(26)44)61-42(70)23-79-24-60-40(68)18-59-50(75)34(12-25-6-4-3-5-7-25)62-41(69)19-57-39(67)17-58-49(74)31(55)9-11-38(66)56-16-36-46(71)48(73)47(72)37(21-65)81-36/h3-7,13-15,31-32,34,36-37,46-48,65,71-73,78H,2,8-12,16-24,55H2,1H3,(H,56,66)(H,57,67)(H,58,74)(H,59,75)(H,60,68)(H,61,70)(H,62,69)/t31-,32+,34-,36-,37+,46-,47+,48+,53-/m0/s1. The summed E-state index contributed by atoms with van der Waals surface area (Å²) < 4.78 is 17.6. The Hall–Kier alpha value is -7.47. The summed E-state index contributed by atoms with van der Waals surface area (Å²) in [6.45, 7) is -2.17. The molecule has 1 aliphatic carbocycles. The van der Waals surface area contributed by atoms with Crippen LogP contribution in [0.5, 0.6) is 0 Å². The van der Waals surface area contributed by atoms with E-state index in [4.69, 9.17) is 36.5 Å². The number of cyclic esters (lactones) is 1. The van der Waals surface area contributed by atoms with E-state index in [1.807, 2.05) is 6.07 Å². The van der Waals surface area contributed by atoms with Crippen molar-refractivity contribution < 1.29 is 78.1 Å². The van der Waals surface area contributed by atoms with Crippen molar-refractivity contribution in [3.05, 3.63) is 97.3 Å². The Bertz CT molecular complexity index is 3160. The van der Waals surface area contributed by atoms with Crippen LogP contribution in [0.3, 0.4) is 0 Å². The van der Waals surface area contributed by atoms with Gasteiger partial charge in [0.05, 0.1) is 67.3 Å². The van der Waals surface area contributed by atoms with Crippen LogP contribution in [-0.2, 0) is 84.2 Å². The van der Waals surface area contributed by atoms with Gasteiger partial charge in [0.2, 0.25) is 41.4 Å². The van der Waals surface area contributed by atoms with Gasteiger partial charge in [0.25, 0.3) is 5.56 Å². The first kappa shape index (κ1) is 59.6. The molecule has 0 unspecified atom stereocenters. The van der Waals surface area contributed by atoms with Crippen molar-refractivity contribution in [3.63, 3.8) is 0 Å². The Morgan fingerprint density at radius 2 is 1.57 bits per heavy atom. The van der Waals surface area contributed by atoms with E-state index >= 15 is 0 Å². The lowest BCUT2D eigenvalue weighted by molar-refractivity contribution is -0.227. The molecule has 4 aromatic rings. The van der Waals surface area contributed by atoms with Crippen molar-refractivity contribution in [1.82, 2.24) is 46.8 Å². The molecule has 4 aliphatic rings. The summed E-state index contributed by atoms with van der Waals surface area (Å²) in [4.78, 5) is 122. The zero-order chi connectivity index (χ0) is 58.3. The smallest absolute Gasteiger partial charge is 0.343 e. The highest BCUT2D eigenvalue weighted by Gasteiger charge is 2.46. The average Bonchev–Trinajstić information content (AvgIpc) is 4.07. The van der Waals surface area contributed by atoms with Crippen LogP contribution in [0.25, 0.3) is 22.3 Å². The molecular weight excluding hydrogens is 1080 g/mol. The fraction of sp³-hybridized carbons (Fsp3) is 0.472. The summed E-state index contributed by atoms with van der Waals surface area (Å²) in [5, 5.41) is 69.5. The predicted octanol–water partition coefficient (Wildman–Crippen LogP) is -3.93. The quantitative estimate of drug-likeness (QED) is 0.0169. The van der Waals surface area contributed by atoms with Gasteiger partial charge < -0.3 is 87.3 Å². The number of benzene rings is 2. The first-order valence-corrected chi connectivity index (χ1v) is 26.5. The van der Waals surface area contributed by atoms with Crippen LogP contribution in [0.15, 0.2) is 53.3 Å². The minimum atomic E-state index is -2.03. The number of aromatic nitrogens is 2. The van der Waals surface area contributed by atoms with Gasteiger partial charge in [-0.2, -0.15) is 0 Å². The van der Waals surface area contributed by atoms with Crippen molar-refractivity contribution in [2.24, 2.45) is 5.73 Å². The number of hydrogen-bond donors (Lipinski definition) is 13. The van der Waals surface area contributed by atoms with E-state index in [-0.39, 0.29) is 56.5 Å². The molecule has 2 aromatic heterocycles. The first-order valence-electron chi connectivity index (χ1n) is 26.1. The van der Waals surface area contributed by atoms with E-state index in [0.717, 1.165) is 16.5 Å². The lowest BCUT2D eigenvalue weighted by atomic mass is 9.83. The second kappa shape index (κ2) is 26.0. The van der Waals surface area contributed by atoms with Gasteiger partial charge in [0.1, 0.15) is 56.5 Å². The van der Waals surface area contributed by atoms with Gasteiger partial charge in [-0.3, -0.25) is 38.4 Å². The largest absolute Gasteiger partial charge is 0.458 e. The molecule has 27 nitrogen and oxygen atoms in total. The maximum atomic E-state index is 14.0. The molecule has 81 heavy (non-hydrogen) atoms. The molecule has 434 valence electrons. The van der Waals surface area contributed by atoms with Gasteiger partial charge in [-0.1, -0.05) is 48.9 Å². The lowest BCUT2D eigenvalue weighted by Crippen LogP contribution is -2.60. The van der Waals surface area contributed by atoms with E-state index < -0.39 is 147 Å². The number of esters is 1. The molecular formula is C53H63ClN10O17. The number of nitrogens with one attached hydrogen (secondary N) is 7. The number of halogens is 1. The Morgan fingerprint density at radius 3 is 2.30 bits per heavy atom. The van der Waals surface area contributed by atoms with E-state index in [1.165, 1.54) is 4.57 Å². The highest BCUT2D eigenvalue weighted by molar-refractivity contribution is 6.31. The minimum Gasteiger partial charge on any atom is -0.458 e. The fourth-order valence-corrected chi connectivity index (χ4v) is 10.5. The monoisotopic (exact) mass is 1150 g/mol. The van der Waals surface area contributed by atoms with Crippen LogP contribution in [0.2, 0.25) is 5.02 Å². The second-order valence-corrected chi connectivity index (χ2v) is 20.4. The maximum Gasteiger partial charge on any atom is 0.343 e. The average molecular weight is 1150 g/mol. The number of aliphatic hydroxyl groups is 5. The summed E-state index contributed by atoms with van der Waals surface area (Å²) >= 11 is 6.54. The van der Waals surface area contributed by atoms with Crippen molar-refractivity contribution in [2.75, 3.05) is 46.1 Å². The van der Waals surface area contributed by atoms with Gasteiger partial charge in [-0.25, -0.2) is 9.78 Å². The Kier molecular flexibility index (Phi) is 19.1. The van der Waals surface area contributed by atoms with Crippen LogP contribution in [-0.4, -0.2) is 171 Å². The molecule has 2 aromatic carbocycles. The molecule has 5 heterocycles. The molecule has 8 rings (SSSR count). The van der Waals surface area contributed by atoms with E-state index in [9.17, 15) is 68.7 Å². The zero-order valence-corrected chi connectivity index (χ0v) is 44.6. The Morgan fingerprint density at radius 1 is 0.864 bits per heavy atom. The Balaban J connectivity index is 0.775. The number of nitrogens with zero attached hydrogens (tertiary/aromatic N) is 2. The van der Waals surface area contributed by atoms with Gasteiger partial charge >= 0.3 is 5.97 Å². The molecule has 0 bridgehead atoms. The molecule has 7 amide bonds. The van der Waals surface area contributed by atoms with Crippen LogP contribution in [0.4, 0.5) is 0 Å². The first-order chi connectivity index (χ1) is 38.7. The maximum absolute atomic E-state index is 14.0. The number of carbonyl (C=O) groups excluding carboxylic acids is 8. The number of aryl methyl sites for hydroxylation is 1. The molecule has 1 fully saturated rings. The number of ether oxygens (including phenoxy) is 3. The summed E-state index contributed by atoms with van der Waals surface area (Å²) in [5.74, 6) is -5.77. The molecule has 28 heteroatoms. The molecule has 14 N–H and O–H groups in total. The molecule has 0 saturated carbocycles. The summed E-state index contributed by atoms with van der Waals surface area (Å²) in [6.07, 6.45) is -6.50. The summed E-state index contributed by atoms with van der Waals surface area (Å²) in [6, 6.07) is 10.8. The molecule has 0 radical (unpaired) electrons. The van der Waals surface area contributed by atoms with Crippen molar-refractivity contribution in [3.8, 4) is 11.4 Å². The highest BCUT2D eigenvalue weighted by atomic mass is 35.5.